The van der Waals surface area contributed by atoms with E-state index in [-0.39, 0.29) is 30.3 Å². The molecule has 2 amide bonds. The number of nitrogens with zero attached hydrogens (tertiary/aromatic N) is 2. The Hall–Kier alpha value is -0.850. The summed E-state index contributed by atoms with van der Waals surface area (Å²) in [4.78, 5) is 28.1. The van der Waals surface area contributed by atoms with Gasteiger partial charge in [0.15, 0.2) is 0 Å². The molecule has 7 heteroatoms. The standard InChI is InChI=1S/C17H32N4O2.ClH/c1-2-19-16(22)13-20-8-10-21(11-9-20)17(23)15(18)12-14-6-4-3-5-7-14;/h14-15H,2-13,18H2,1H3,(H,19,22);1H. The van der Waals surface area contributed by atoms with Gasteiger partial charge in [0.2, 0.25) is 11.8 Å². The second kappa shape index (κ2) is 10.9. The molecule has 0 aromatic heterocycles. The molecule has 0 aromatic rings. The number of nitrogens with two attached hydrogens (primary N) is 1. The van der Waals surface area contributed by atoms with Crippen molar-refractivity contribution in [3.05, 3.63) is 0 Å². The van der Waals surface area contributed by atoms with Crippen LogP contribution in [0.4, 0.5) is 0 Å². The molecule has 2 aliphatic rings. The van der Waals surface area contributed by atoms with Crippen LogP contribution in [0.1, 0.15) is 45.4 Å². The van der Waals surface area contributed by atoms with Crippen LogP contribution in [0.3, 0.4) is 0 Å². The zero-order chi connectivity index (χ0) is 16.7. The Morgan fingerprint density at radius 3 is 2.33 bits per heavy atom. The number of nitrogens with one attached hydrogen (secondary N) is 1. The number of hydrogen-bond donors (Lipinski definition) is 2. The molecule has 1 unspecified atom stereocenters. The van der Waals surface area contributed by atoms with Gasteiger partial charge in [-0.15, -0.1) is 12.4 Å². The first-order valence-electron chi connectivity index (χ1n) is 9.13. The molecular formula is C17H33ClN4O2. The van der Waals surface area contributed by atoms with Crippen LogP contribution in [0, 0.1) is 5.92 Å². The monoisotopic (exact) mass is 360 g/mol. The van der Waals surface area contributed by atoms with Crippen LogP contribution < -0.4 is 11.1 Å². The number of likely N-dealkylation sites (N-methyl/N-ethyl adjacent to an activating group) is 1. The predicted molar refractivity (Wildman–Crippen MR) is 98.1 cm³/mol. The van der Waals surface area contributed by atoms with Crippen LogP contribution in [0.2, 0.25) is 0 Å². The first kappa shape index (κ1) is 21.2. The molecule has 0 radical (unpaired) electrons. The van der Waals surface area contributed by atoms with Gasteiger partial charge in [0.05, 0.1) is 12.6 Å². The molecule has 1 saturated carbocycles. The molecule has 2 fully saturated rings. The van der Waals surface area contributed by atoms with Gasteiger partial charge in [-0.3, -0.25) is 14.5 Å². The van der Waals surface area contributed by atoms with E-state index in [2.05, 4.69) is 10.2 Å². The molecule has 0 bridgehead atoms. The summed E-state index contributed by atoms with van der Waals surface area (Å²) < 4.78 is 0. The Labute approximate surface area is 151 Å². The minimum absolute atomic E-state index is 0. The lowest BCUT2D eigenvalue weighted by Crippen LogP contribution is -2.54. The molecule has 6 nitrogen and oxygen atoms in total. The lowest BCUT2D eigenvalue weighted by atomic mass is 9.84. The first-order valence-corrected chi connectivity index (χ1v) is 9.13. The maximum atomic E-state index is 12.5. The third kappa shape index (κ3) is 6.57. The van der Waals surface area contributed by atoms with Gasteiger partial charge >= 0.3 is 0 Å². The van der Waals surface area contributed by atoms with Gasteiger partial charge < -0.3 is 16.0 Å². The van der Waals surface area contributed by atoms with Gasteiger partial charge in [0, 0.05) is 32.7 Å². The van der Waals surface area contributed by atoms with Gasteiger partial charge in [0.1, 0.15) is 0 Å². The molecule has 0 aromatic carbocycles. The highest BCUT2D eigenvalue weighted by Crippen LogP contribution is 2.27. The molecule has 3 N–H and O–H groups in total. The molecule has 1 saturated heterocycles. The van der Waals surface area contributed by atoms with Gasteiger partial charge in [-0.1, -0.05) is 32.1 Å². The van der Waals surface area contributed by atoms with Crippen molar-refractivity contribution < 1.29 is 9.59 Å². The van der Waals surface area contributed by atoms with E-state index in [0.717, 1.165) is 19.5 Å². The fraction of sp³-hybridized carbons (Fsp3) is 0.882. The zero-order valence-electron chi connectivity index (χ0n) is 14.8. The van der Waals surface area contributed by atoms with E-state index < -0.39 is 0 Å². The average molecular weight is 361 g/mol. The summed E-state index contributed by atoms with van der Waals surface area (Å²) in [6.45, 7) is 5.85. The second-order valence-electron chi connectivity index (χ2n) is 6.90. The van der Waals surface area contributed by atoms with E-state index in [9.17, 15) is 9.59 Å². The van der Waals surface area contributed by atoms with Crippen molar-refractivity contribution in [1.82, 2.24) is 15.1 Å². The van der Waals surface area contributed by atoms with Crippen LogP contribution >= 0.6 is 12.4 Å². The number of carbonyl (C=O) groups excluding carboxylic acids is 2. The highest BCUT2D eigenvalue weighted by molar-refractivity contribution is 5.85. The normalized spacial score (nSPS) is 21.0. The van der Waals surface area contributed by atoms with E-state index in [1.165, 1.54) is 32.1 Å². The van der Waals surface area contributed by atoms with Crippen molar-refractivity contribution in [3.8, 4) is 0 Å². The Balaban J connectivity index is 0.00000288. The lowest BCUT2D eigenvalue weighted by molar-refractivity contribution is -0.135. The SMILES string of the molecule is CCNC(=O)CN1CCN(C(=O)C(N)CC2CCCCC2)CC1.Cl. The Morgan fingerprint density at radius 2 is 1.75 bits per heavy atom. The van der Waals surface area contributed by atoms with Crippen molar-refractivity contribution in [3.63, 3.8) is 0 Å². The molecule has 1 aliphatic carbocycles. The van der Waals surface area contributed by atoms with Crippen molar-refractivity contribution >= 4 is 24.2 Å². The fourth-order valence-corrected chi connectivity index (χ4v) is 3.70. The highest BCUT2D eigenvalue weighted by atomic mass is 35.5. The minimum atomic E-state index is -0.354. The van der Waals surface area contributed by atoms with Crippen LogP contribution in [0.15, 0.2) is 0 Å². The Morgan fingerprint density at radius 1 is 1.12 bits per heavy atom. The molecule has 1 atom stereocenters. The van der Waals surface area contributed by atoms with Crippen LogP contribution in [-0.2, 0) is 9.59 Å². The summed E-state index contributed by atoms with van der Waals surface area (Å²) in [5.41, 5.74) is 6.16. The van der Waals surface area contributed by atoms with Gasteiger partial charge in [-0.25, -0.2) is 0 Å². The number of piperazine rings is 1. The summed E-state index contributed by atoms with van der Waals surface area (Å²) in [5, 5.41) is 2.81. The fourth-order valence-electron chi connectivity index (χ4n) is 3.70. The smallest absolute Gasteiger partial charge is 0.239 e. The largest absolute Gasteiger partial charge is 0.355 e. The van der Waals surface area contributed by atoms with Gasteiger partial charge in [-0.05, 0) is 19.3 Å². The van der Waals surface area contributed by atoms with Gasteiger partial charge in [-0.2, -0.15) is 0 Å². The van der Waals surface area contributed by atoms with Crippen molar-refractivity contribution in [2.45, 2.75) is 51.5 Å². The summed E-state index contributed by atoms with van der Waals surface area (Å²) in [6, 6.07) is -0.354. The van der Waals surface area contributed by atoms with Crippen LogP contribution in [-0.4, -0.2) is 66.9 Å². The number of halogens is 1. The summed E-state index contributed by atoms with van der Waals surface area (Å²) in [6.07, 6.45) is 7.17. The van der Waals surface area contributed by atoms with E-state index >= 15 is 0 Å². The second-order valence-corrected chi connectivity index (χ2v) is 6.90. The third-order valence-electron chi connectivity index (χ3n) is 5.05. The zero-order valence-corrected chi connectivity index (χ0v) is 15.7. The minimum Gasteiger partial charge on any atom is -0.355 e. The molecule has 1 heterocycles. The number of amides is 2. The topological polar surface area (TPSA) is 78.7 Å². The number of rotatable bonds is 6. The van der Waals surface area contributed by atoms with E-state index in [4.69, 9.17) is 5.73 Å². The number of carbonyl (C=O) groups is 2. The Kier molecular flexibility index (Phi) is 9.63. The molecular weight excluding hydrogens is 328 g/mol. The molecule has 24 heavy (non-hydrogen) atoms. The van der Waals surface area contributed by atoms with E-state index in [1.807, 2.05) is 11.8 Å². The third-order valence-corrected chi connectivity index (χ3v) is 5.05. The van der Waals surface area contributed by atoms with Crippen molar-refractivity contribution in [2.75, 3.05) is 39.3 Å². The quantitative estimate of drug-likeness (QED) is 0.740. The van der Waals surface area contributed by atoms with E-state index in [1.54, 1.807) is 0 Å². The Bertz CT molecular complexity index is 394. The lowest BCUT2D eigenvalue weighted by Gasteiger charge is -2.36. The summed E-state index contributed by atoms with van der Waals surface area (Å²) in [7, 11) is 0. The summed E-state index contributed by atoms with van der Waals surface area (Å²) in [5.74, 6) is 0.774. The van der Waals surface area contributed by atoms with E-state index in [0.29, 0.717) is 32.1 Å². The summed E-state index contributed by atoms with van der Waals surface area (Å²) >= 11 is 0. The van der Waals surface area contributed by atoms with Crippen LogP contribution in [0.5, 0.6) is 0 Å². The number of hydrogen-bond acceptors (Lipinski definition) is 4. The maximum absolute atomic E-state index is 12.5. The highest BCUT2D eigenvalue weighted by Gasteiger charge is 2.28. The van der Waals surface area contributed by atoms with Crippen molar-refractivity contribution in [2.24, 2.45) is 11.7 Å². The molecule has 140 valence electrons. The maximum Gasteiger partial charge on any atom is 0.239 e. The molecule has 2 rings (SSSR count). The molecule has 1 aliphatic heterocycles. The predicted octanol–water partition coefficient (Wildman–Crippen LogP) is 0.986. The average Bonchev–Trinajstić information content (AvgIpc) is 2.56. The molecule has 0 spiro atoms. The van der Waals surface area contributed by atoms with Crippen molar-refractivity contribution in [1.29, 1.82) is 0 Å². The van der Waals surface area contributed by atoms with Crippen LogP contribution in [0.25, 0.3) is 0 Å². The van der Waals surface area contributed by atoms with Gasteiger partial charge in [0.25, 0.3) is 0 Å². The first-order chi connectivity index (χ1) is 11.1.